The lowest BCUT2D eigenvalue weighted by atomic mass is 9.88. The number of aromatic amines is 1. The van der Waals surface area contributed by atoms with Crippen molar-refractivity contribution in [3.8, 4) is 0 Å². The van der Waals surface area contributed by atoms with Crippen LogP contribution >= 0.6 is 0 Å². The van der Waals surface area contributed by atoms with Crippen LogP contribution in [-0.2, 0) is 10.2 Å². The Balaban J connectivity index is 2.45. The maximum Gasteiger partial charge on any atom is 0.304 e. The van der Waals surface area contributed by atoms with E-state index in [1.807, 2.05) is 39.0 Å². The van der Waals surface area contributed by atoms with E-state index in [1.165, 1.54) is 0 Å². The molecule has 2 aromatic rings. The number of rotatable bonds is 3. The summed E-state index contributed by atoms with van der Waals surface area (Å²) >= 11 is 0. The molecule has 1 heterocycles. The van der Waals surface area contributed by atoms with Crippen LogP contribution in [0.4, 0.5) is 0 Å². The minimum absolute atomic E-state index is 0.0613. The minimum atomic E-state index is -0.813. The molecule has 0 aliphatic heterocycles. The number of benzene rings is 1. The van der Waals surface area contributed by atoms with Crippen LogP contribution in [0.15, 0.2) is 18.2 Å². The van der Waals surface area contributed by atoms with Crippen LogP contribution in [0.25, 0.3) is 11.0 Å². The molecule has 4 nitrogen and oxygen atoms in total. The topological polar surface area (TPSA) is 66.0 Å². The van der Waals surface area contributed by atoms with Gasteiger partial charge in [0, 0.05) is 5.41 Å². The summed E-state index contributed by atoms with van der Waals surface area (Å²) in [5, 5.41) is 8.89. The van der Waals surface area contributed by atoms with Crippen molar-refractivity contribution in [1.29, 1.82) is 0 Å². The van der Waals surface area contributed by atoms with Crippen molar-refractivity contribution in [3.63, 3.8) is 0 Å². The summed E-state index contributed by atoms with van der Waals surface area (Å²) in [5.41, 5.74) is 2.50. The van der Waals surface area contributed by atoms with Crippen LogP contribution in [-0.4, -0.2) is 21.0 Å². The Morgan fingerprint density at radius 2 is 2.18 bits per heavy atom. The van der Waals surface area contributed by atoms with E-state index < -0.39 is 11.4 Å². The fraction of sp³-hybridized carbons (Fsp3) is 0.385. The molecule has 0 amide bonds. The highest BCUT2D eigenvalue weighted by atomic mass is 16.4. The maximum atomic E-state index is 10.8. The average Bonchev–Trinajstić information content (AvgIpc) is 2.58. The molecule has 1 aromatic carbocycles. The molecule has 4 heteroatoms. The summed E-state index contributed by atoms with van der Waals surface area (Å²) in [5.74, 6) is -0.0906. The number of fused-ring (bicyclic) bond motifs is 1. The lowest BCUT2D eigenvalue weighted by Gasteiger charge is -2.18. The maximum absolute atomic E-state index is 10.8. The third-order valence-electron chi connectivity index (χ3n) is 2.87. The number of carboxylic acids is 1. The molecule has 0 saturated carbocycles. The summed E-state index contributed by atoms with van der Waals surface area (Å²) in [6.45, 7) is 5.78. The molecule has 2 N–H and O–H groups in total. The second kappa shape index (κ2) is 3.87. The van der Waals surface area contributed by atoms with Gasteiger partial charge in [-0.1, -0.05) is 19.9 Å². The summed E-state index contributed by atoms with van der Waals surface area (Å²) in [6, 6.07) is 5.96. The Kier molecular flexibility index (Phi) is 2.65. The van der Waals surface area contributed by atoms with Crippen molar-refractivity contribution in [2.24, 2.45) is 0 Å². The summed E-state index contributed by atoms with van der Waals surface area (Å²) < 4.78 is 0. The molecule has 1 aromatic heterocycles. The first-order valence-electron chi connectivity index (χ1n) is 5.57. The fourth-order valence-corrected chi connectivity index (χ4v) is 1.91. The molecule has 0 fully saturated rings. The van der Waals surface area contributed by atoms with Crippen LogP contribution in [0.1, 0.15) is 31.7 Å². The van der Waals surface area contributed by atoms with Gasteiger partial charge in [-0.25, -0.2) is 4.98 Å². The smallest absolute Gasteiger partial charge is 0.304 e. The van der Waals surface area contributed by atoms with Gasteiger partial charge in [0.2, 0.25) is 0 Å². The standard InChI is InChI=1S/C13H16N2O2/c1-8-4-5-9-10(6-8)15-12(14-9)13(2,3)7-11(16)17/h4-6H,7H2,1-3H3,(H,14,15)(H,16,17). The van der Waals surface area contributed by atoms with Gasteiger partial charge in [0.05, 0.1) is 17.5 Å². The Morgan fingerprint density at radius 1 is 1.47 bits per heavy atom. The molecule has 0 spiro atoms. The first-order chi connectivity index (χ1) is 7.88. The van der Waals surface area contributed by atoms with E-state index in [-0.39, 0.29) is 6.42 Å². The zero-order valence-electron chi connectivity index (χ0n) is 10.2. The normalized spacial score (nSPS) is 11.9. The van der Waals surface area contributed by atoms with Gasteiger partial charge in [0.1, 0.15) is 5.82 Å². The number of imidazole rings is 1. The monoisotopic (exact) mass is 232 g/mol. The molecule has 0 radical (unpaired) electrons. The number of carbonyl (C=O) groups is 1. The number of aromatic nitrogens is 2. The van der Waals surface area contributed by atoms with Gasteiger partial charge >= 0.3 is 5.97 Å². The Bertz CT molecular complexity index is 570. The van der Waals surface area contributed by atoms with Gasteiger partial charge in [-0.2, -0.15) is 0 Å². The zero-order valence-corrected chi connectivity index (χ0v) is 10.2. The molecular formula is C13H16N2O2. The summed E-state index contributed by atoms with van der Waals surface area (Å²) in [6.07, 6.45) is 0.0613. The van der Waals surface area contributed by atoms with E-state index >= 15 is 0 Å². The number of aryl methyl sites for hydroxylation is 1. The van der Waals surface area contributed by atoms with Crippen LogP contribution in [0, 0.1) is 6.92 Å². The number of aliphatic carboxylic acids is 1. The van der Waals surface area contributed by atoms with Crippen molar-refractivity contribution in [2.75, 3.05) is 0 Å². The van der Waals surface area contributed by atoms with Gasteiger partial charge in [-0.05, 0) is 24.6 Å². The van der Waals surface area contributed by atoms with Crippen molar-refractivity contribution < 1.29 is 9.90 Å². The van der Waals surface area contributed by atoms with Gasteiger partial charge in [0.25, 0.3) is 0 Å². The van der Waals surface area contributed by atoms with Gasteiger partial charge in [-0.3, -0.25) is 4.79 Å². The third kappa shape index (κ3) is 2.30. The van der Waals surface area contributed by atoms with Crippen LogP contribution in [0.3, 0.4) is 0 Å². The van der Waals surface area contributed by atoms with Gasteiger partial charge in [0.15, 0.2) is 0 Å². The number of carboxylic acid groups (broad SMARTS) is 1. The van der Waals surface area contributed by atoms with Crippen LogP contribution < -0.4 is 0 Å². The number of H-pyrrole nitrogens is 1. The number of hydrogen-bond donors (Lipinski definition) is 2. The molecule has 2 rings (SSSR count). The largest absolute Gasteiger partial charge is 0.481 e. The molecule has 0 unspecified atom stereocenters. The highest BCUT2D eigenvalue weighted by molar-refractivity contribution is 5.76. The highest BCUT2D eigenvalue weighted by Crippen LogP contribution is 2.26. The van der Waals surface area contributed by atoms with Crippen LogP contribution in [0.5, 0.6) is 0 Å². The lowest BCUT2D eigenvalue weighted by Crippen LogP contribution is -2.23. The first-order valence-corrected chi connectivity index (χ1v) is 5.57. The van der Waals surface area contributed by atoms with E-state index in [0.29, 0.717) is 0 Å². The minimum Gasteiger partial charge on any atom is -0.481 e. The van der Waals surface area contributed by atoms with E-state index in [4.69, 9.17) is 5.11 Å². The molecule has 0 aliphatic rings. The molecule has 0 aliphatic carbocycles. The Labute approximate surface area is 99.7 Å². The summed E-state index contributed by atoms with van der Waals surface area (Å²) in [7, 11) is 0. The second-order valence-electron chi connectivity index (χ2n) is 5.06. The third-order valence-corrected chi connectivity index (χ3v) is 2.87. The molecule has 0 bridgehead atoms. The molecule has 90 valence electrons. The Morgan fingerprint density at radius 3 is 2.82 bits per heavy atom. The SMILES string of the molecule is Cc1ccc2nc(C(C)(C)CC(=O)O)[nH]c2c1. The fourth-order valence-electron chi connectivity index (χ4n) is 1.91. The van der Waals surface area contributed by atoms with E-state index in [1.54, 1.807) is 0 Å². The zero-order chi connectivity index (χ0) is 12.6. The van der Waals surface area contributed by atoms with Crippen molar-refractivity contribution >= 4 is 17.0 Å². The summed E-state index contributed by atoms with van der Waals surface area (Å²) in [4.78, 5) is 18.5. The molecule has 0 atom stereocenters. The number of nitrogens with one attached hydrogen (secondary N) is 1. The molecule has 17 heavy (non-hydrogen) atoms. The molecular weight excluding hydrogens is 216 g/mol. The van der Waals surface area contributed by atoms with Crippen molar-refractivity contribution in [1.82, 2.24) is 9.97 Å². The van der Waals surface area contributed by atoms with Gasteiger partial charge < -0.3 is 10.1 Å². The van der Waals surface area contributed by atoms with E-state index in [2.05, 4.69) is 9.97 Å². The lowest BCUT2D eigenvalue weighted by molar-refractivity contribution is -0.138. The van der Waals surface area contributed by atoms with Gasteiger partial charge in [-0.15, -0.1) is 0 Å². The first kappa shape index (κ1) is 11.6. The highest BCUT2D eigenvalue weighted by Gasteiger charge is 2.27. The molecule has 0 saturated heterocycles. The predicted octanol–water partition coefficient (Wildman–Crippen LogP) is 2.62. The Hall–Kier alpha value is -1.84. The number of hydrogen-bond acceptors (Lipinski definition) is 2. The average molecular weight is 232 g/mol. The van der Waals surface area contributed by atoms with Crippen molar-refractivity contribution in [3.05, 3.63) is 29.6 Å². The van der Waals surface area contributed by atoms with Crippen LogP contribution in [0.2, 0.25) is 0 Å². The number of nitrogens with zero attached hydrogens (tertiary/aromatic N) is 1. The van der Waals surface area contributed by atoms with E-state index in [0.717, 1.165) is 22.4 Å². The van der Waals surface area contributed by atoms with Crippen molar-refractivity contribution in [2.45, 2.75) is 32.6 Å². The predicted molar refractivity (Wildman–Crippen MR) is 66.1 cm³/mol. The van der Waals surface area contributed by atoms with E-state index in [9.17, 15) is 4.79 Å². The second-order valence-corrected chi connectivity index (χ2v) is 5.06. The quantitative estimate of drug-likeness (QED) is 0.854.